The first kappa shape index (κ1) is 27.7. The summed E-state index contributed by atoms with van der Waals surface area (Å²) in [5, 5.41) is 12.3. The zero-order valence-corrected chi connectivity index (χ0v) is 27.8. The van der Waals surface area contributed by atoms with Gasteiger partial charge in [-0.25, -0.2) is 0 Å². The lowest BCUT2D eigenvalue weighted by Crippen LogP contribution is -1.92. The quantitative estimate of drug-likeness (QED) is 0.173. The molecule has 232 valence electrons. The van der Waals surface area contributed by atoms with Crippen LogP contribution in [0.3, 0.4) is 0 Å². The summed E-state index contributed by atoms with van der Waals surface area (Å²) in [5.41, 5.74) is 9.10. The topological polar surface area (TPSA) is 13.1 Å². The molecule has 0 N–H and O–H groups in total. The molecule has 0 amide bonds. The Morgan fingerprint density at radius 2 is 0.980 bits per heavy atom. The molecule has 2 aromatic heterocycles. The number of para-hydroxylation sites is 1. The first-order valence-corrected chi connectivity index (χ1v) is 17.9. The molecule has 0 fully saturated rings. The number of benzene rings is 9. The van der Waals surface area contributed by atoms with Crippen LogP contribution in [0, 0.1) is 0 Å². The first-order valence-electron chi connectivity index (χ1n) is 17.1. The highest BCUT2D eigenvalue weighted by Gasteiger charge is 2.23. The summed E-state index contributed by atoms with van der Waals surface area (Å²) in [6.07, 6.45) is 0. The van der Waals surface area contributed by atoms with Crippen LogP contribution in [0.5, 0.6) is 0 Å². The van der Waals surface area contributed by atoms with Crippen molar-refractivity contribution in [2.24, 2.45) is 0 Å². The van der Waals surface area contributed by atoms with Gasteiger partial charge in [0.25, 0.3) is 0 Å². The van der Waals surface area contributed by atoms with Crippen molar-refractivity contribution in [3.05, 3.63) is 170 Å². The molecule has 0 spiro atoms. The summed E-state index contributed by atoms with van der Waals surface area (Å²) in [4.78, 5) is 0. The van der Waals surface area contributed by atoms with Gasteiger partial charge in [0.15, 0.2) is 0 Å². The van der Waals surface area contributed by atoms with Gasteiger partial charge in [-0.1, -0.05) is 146 Å². The largest absolute Gasteiger partial charge is 0.455 e. The van der Waals surface area contributed by atoms with E-state index >= 15 is 0 Å². The zero-order chi connectivity index (χ0) is 32.8. The molecule has 0 unspecified atom stereocenters. The summed E-state index contributed by atoms with van der Waals surface area (Å²) in [6.45, 7) is 0. The third kappa shape index (κ3) is 3.94. The van der Waals surface area contributed by atoms with Gasteiger partial charge in [0, 0.05) is 42.1 Å². The number of hydrogen-bond acceptors (Lipinski definition) is 2. The van der Waals surface area contributed by atoms with Gasteiger partial charge < -0.3 is 4.42 Å². The van der Waals surface area contributed by atoms with E-state index in [0.29, 0.717) is 0 Å². The molecule has 11 rings (SSSR count). The lowest BCUT2D eigenvalue weighted by molar-refractivity contribution is 0.670. The number of fused-ring (bicyclic) bond motifs is 9. The summed E-state index contributed by atoms with van der Waals surface area (Å²) >= 11 is 1.86. The van der Waals surface area contributed by atoms with Gasteiger partial charge in [-0.15, -0.1) is 11.3 Å². The molecule has 2 heteroatoms. The molecule has 1 nitrogen and oxygen atoms in total. The minimum atomic E-state index is 0.904. The van der Waals surface area contributed by atoms with Crippen LogP contribution in [0.4, 0.5) is 0 Å². The smallest absolute Gasteiger partial charge is 0.143 e. The number of furan rings is 1. The van der Waals surface area contributed by atoms with Crippen LogP contribution in [0.1, 0.15) is 0 Å². The van der Waals surface area contributed by atoms with Crippen molar-refractivity contribution >= 4 is 85.8 Å². The third-order valence-electron chi connectivity index (χ3n) is 10.5. The first-order chi connectivity index (χ1) is 24.8. The Morgan fingerprint density at radius 3 is 1.76 bits per heavy atom. The Labute approximate surface area is 292 Å². The van der Waals surface area contributed by atoms with Crippen LogP contribution >= 0.6 is 11.3 Å². The molecule has 0 saturated heterocycles. The molecule has 0 bridgehead atoms. The van der Waals surface area contributed by atoms with E-state index in [1.54, 1.807) is 0 Å². The predicted molar refractivity (Wildman–Crippen MR) is 215 cm³/mol. The fraction of sp³-hybridized carbons (Fsp3) is 0. The summed E-state index contributed by atoms with van der Waals surface area (Å²) in [7, 11) is 0. The number of hydrogen-bond donors (Lipinski definition) is 0. The Bertz CT molecular complexity index is 3100. The van der Waals surface area contributed by atoms with Crippen molar-refractivity contribution < 1.29 is 4.42 Å². The van der Waals surface area contributed by atoms with Crippen molar-refractivity contribution in [3.8, 4) is 33.4 Å². The van der Waals surface area contributed by atoms with E-state index in [2.05, 4.69) is 170 Å². The van der Waals surface area contributed by atoms with Crippen LogP contribution < -0.4 is 0 Å². The molecule has 0 saturated carbocycles. The molecule has 2 heterocycles. The Hall–Kier alpha value is -6.22. The standard InChI is InChI=1S/C48H28OS/c1-2-13-30-28-31(25-24-29(30)12-1)44-33-15-3-5-17-35(33)45(36-18-6-4-16-34(36)44)41-27-26-37(47-46(41)40-19-7-9-22-42(40)49-47)39-21-11-20-38-32-14-8-10-23-43(32)50-48(38)39/h1-28H. The van der Waals surface area contributed by atoms with Crippen molar-refractivity contribution in [1.82, 2.24) is 0 Å². The monoisotopic (exact) mass is 652 g/mol. The molecule has 50 heavy (non-hydrogen) atoms. The summed E-state index contributed by atoms with van der Waals surface area (Å²) in [6, 6.07) is 61.9. The maximum atomic E-state index is 6.89. The highest BCUT2D eigenvalue weighted by atomic mass is 32.1. The van der Waals surface area contributed by atoms with Crippen molar-refractivity contribution in [2.45, 2.75) is 0 Å². The van der Waals surface area contributed by atoms with Gasteiger partial charge in [-0.3, -0.25) is 0 Å². The highest BCUT2D eigenvalue weighted by molar-refractivity contribution is 7.26. The van der Waals surface area contributed by atoms with Crippen molar-refractivity contribution in [1.29, 1.82) is 0 Å². The third-order valence-corrected chi connectivity index (χ3v) is 11.7. The van der Waals surface area contributed by atoms with Gasteiger partial charge in [0.1, 0.15) is 11.2 Å². The van der Waals surface area contributed by atoms with Gasteiger partial charge >= 0.3 is 0 Å². The molecule has 0 aliphatic carbocycles. The van der Waals surface area contributed by atoms with Gasteiger partial charge in [0.2, 0.25) is 0 Å². The molecule has 0 aliphatic heterocycles. The molecule has 9 aromatic carbocycles. The van der Waals surface area contributed by atoms with Crippen LogP contribution in [-0.4, -0.2) is 0 Å². The zero-order valence-electron chi connectivity index (χ0n) is 27.0. The van der Waals surface area contributed by atoms with Crippen LogP contribution in [-0.2, 0) is 0 Å². The highest BCUT2D eigenvalue weighted by Crippen LogP contribution is 2.50. The molecule has 0 aliphatic rings. The lowest BCUT2D eigenvalue weighted by atomic mass is 9.84. The minimum absolute atomic E-state index is 0.904. The Morgan fingerprint density at radius 1 is 0.380 bits per heavy atom. The maximum Gasteiger partial charge on any atom is 0.143 e. The van der Waals surface area contributed by atoms with Gasteiger partial charge in [-0.05, 0) is 78.8 Å². The predicted octanol–water partition coefficient (Wildman–Crippen LogP) is 14.4. The number of thiophene rings is 1. The second-order valence-corrected chi connectivity index (χ2v) is 14.2. The van der Waals surface area contributed by atoms with E-state index < -0.39 is 0 Å². The molecular weight excluding hydrogens is 625 g/mol. The van der Waals surface area contributed by atoms with E-state index in [1.807, 2.05) is 11.3 Å². The summed E-state index contributed by atoms with van der Waals surface area (Å²) in [5.74, 6) is 0. The minimum Gasteiger partial charge on any atom is -0.455 e. The fourth-order valence-corrected chi connectivity index (χ4v) is 9.51. The number of rotatable bonds is 3. The van der Waals surface area contributed by atoms with Crippen molar-refractivity contribution in [3.63, 3.8) is 0 Å². The van der Waals surface area contributed by atoms with Crippen LogP contribution in [0.25, 0.3) is 108 Å². The second-order valence-electron chi connectivity index (χ2n) is 13.1. The molecule has 0 atom stereocenters. The Kier molecular flexibility index (Phi) is 5.89. The molecular formula is C48H28OS. The van der Waals surface area contributed by atoms with E-state index in [9.17, 15) is 0 Å². The van der Waals surface area contributed by atoms with E-state index in [-0.39, 0.29) is 0 Å². The average molecular weight is 653 g/mol. The van der Waals surface area contributed by atoms with E-state index in [0.717, 1.165) is 27.5 Å². The summed E-state index contributed by atoms with van der Waals surface area (Å²) < 4.78 is 9.48. The SMILES string of the molecule is c1ccc2cc(-c3c4ccccc4c(-c4ccc(-c5cccc6c5sc5ccccc56)c5oc6ccccc6c45)c4ccccc34)ccc2c1. The van der Waals surface area contributed by atoms with Gasteiger partial charge in [-0.2, -0.15) is 0 Å². The van der Waals surface area contributed by atoms with Gasteiger partial charge in [0.05, 0.1) is 0 Å². The average Bonchev–Trinajstić information content (AvgIpc) is 3.76. The van der Waals surface area contributed by atoms with Crippen LogP contribution in [0.15, 0.2) is 174 Å². The lowest BCUT2D eigenvalue weighted by Gasteiger charge is -2.19. The Balaban J connectivity index is 1.25. The normalized spacial score (nSPS) is 12.0. The van der Waals surface area contributed by atoms with Crippen molar-refractivity contribution in [2.75, 3.05) is 0 Å². The van der Waals surface area contributed by atoms with E-state index in [4.69, 9.17) is 4.42 Å². The second kappa shape index (κ2) is 10.6. The maximum absolute atomic E-state index is 6.89. The molecule has 11 aromatic rings. The fourth-order valence-electron chi connectivity index (χ4n) is 8.28. The molecule has 0 radical (unpaired) electrons. The van der Waals surface area contributed by atoms with E-state index in [1.165, 1.54) is 80.3 Å². The van der Waals surface area contributed by atoms with Crippen LogP contribution in [0.2, 0.25) is 0 Å².